The fraction of sp³-hybridized carbons (Fsp3) is 0.312. The van der Waals surface area contributed by atoms with E-state index in [1.807, 2.05) is 18.3 Å². The van der Waals surface area contributed by atoms with Crippen LogP contribution in [0.1, 0.15) is 36.2 Å². The molecule has 0 radical (unpaired) electrons. The molecular weight excluding hydrogens is 220 g/mol. The van der Waals surface area contributed by atoms with Crippen LogP contribution >= 0.6 is 0 Å². The van der Waals surface area contributed by atoms with Crippen LogP contribution in [0.25, 0.3) is 0 Å². The summed E-state index contributed by atoms with van der Waals surface area (Å²) in [6.45, 7) is 5.33. The van der Waals surface area contributed by atoms with Gasteiger partial charge >= 0.3 is 0 Å². The Morgan fingerprint density at radius 2 is 1.89 bits per heavy atom. The number of pyridine rings is 1. The molecule has 0 saturated heterocycles. The third kappa shape index (κ3) is 2.96. The standard InChI is InChI=1S/C16H20N2/c1-3-11-18-16(15-10-6-7-12-17-15)14-9-5-4-8-13(14)2/h4-10,12,16,18H,3,11H2,1-2H3. The van der Waals surface area contributed by atoms with Gasteiger partial charge in [-0.25, -0.2) is 0 Å². The van der Waals surface area contributed by atoms with Gasteiger partial charge in [0, 0.05) is 6.20 Å². The maximum Gasteiger partial charge on any atom is 0.0753 e. The van der Waals surface area contributed by atoms with Crippen molar-refractivity contribution in [1.29, 1.82) is 0 Å². The van der Waals surface area contributed by atoms with E-state index in [0.717, 1.165) is 18.7 Å². The summed E-state index contributed by atoms with van der Waals surface area (Å²) in [7, 11) is 0. The van der Waals surface area contributed by atoms with Gasteiger partial charge < -0.3 is 5.32 Å². The molecule has 2 aromatic rings. The lowest BCUT2D eigenvalue weighted by atomic mass is 9.98. The Morgan fingerprint density at radius 3 is 2.56 bits per heavy atom. The van der Waals surface area contributed by atoms with Crippen molar-refractivity contribution in [2.75, 3.05) is 6.54 Å². The van der Waals surface area contributed by atoms with Crippen molar-refractivity contribution in [1.82, 2.24) is 10.3 Å². The maximum atomic E-state index is 4.49. The van der Waals surface area contributed by atoms with E-state index in [1.54, 1.807) is 0 Å². The lowest BCUT2D eigenvalue weighted by Gasteiger charge is -2.20. The Labute approximate surface area is 109 Å². The summed E-state index contributed by atoms with van der Waals surface area (Å²) in [6, 6.07) is 14.8. The van der Waals surface area contributed by atoms with Gasteiger partial charge in [0.1, 0.15) is 0 Å². The fourth-order valence-electron chi connectivity index (χ4n) is 2.12. The Bertz CT molecular complexity index is 479. The highest BCUT2D eigenvalue weighted by Crippen LogP contribution is 2.23. The molecule has 0 aliphatic rings. The van der Waals surface area contributed by atoms with E-state index in [2.05, 4.69) is 54.5 Å². The van der Waals surface area contributed by atoms with Crippen molar-refractivity contribution in [2.45, 2.75) is 26.3 Å². The molecule has 2 nitrogen and oxygen atoms in total. The number of hydrogen-bond donors (Lipinski definition) is 1. The normalized spacial score (nSPS) is 12.3. The van der Waals surface area contributed by atoms with Gasteiger partial charge in [-0.05, 0) is 43.1 Å². The molecule has 0 aliphatic carbocycles. The Morgan fingerprint density at radius 1 is 1.11 bits per heavy atom. The van der Waals surface area contributed by atoms with Crippen molar-refractivity contribution in [3.8, 4) is 0 Å². The van der Waals surface area contributed by atoms with Crippen LogP contribution in [0.2, 0.25) is 0 Å². The number of nitrogens with one attached hydrogen (secondary N) is 1. The van der Waals surface area contributed by atoms with Gasteiger partial charge in [-0.3, -0.25) is 4.98 Å². The van der Waals surface area contributed by atoms with Crippen LogP contribution in [-0.2, 0) is 0 Å². The lowest BCUT2D eigenvalue weighted by molar-refractivity contribution is 0.584. The number of rotatable bonds is 5. The molecule has 0 amide bonds. The van der Waals surface area contributed by atoms with E-state index in [9.17, 15) is 0 Å². The third-order valence-corrected chi connectivity index (χ3v) is 3.08. The predicted octanol–water partition coefficient (Wildman–Crippen LogP) is 3.48. The molecule has 0 bridgehead atoms. The minimum Gasteiger partial charge on any atom is -0.305 e. The topological polar surface area (TPSA) is 24.9 Å². The van der Waals surface area contributed by atoms with Crippen molar-refractivity contribution < 1.29 is 0 Å². The molecule has 0 fully saturated rings. The van der Waals surface area contributed by atoms with Crippen molar-refractivity contribution in [3.05, 3.63) is 65.5 Å². The van der Waals surface area contributed by atoms with Crippen molar-refractivity contribution >= 4 is 0 Å². The summed E-state index contributed by atoms with van der Waals surface area (Å²) in [5.41, 5.74) is 3.70. The molecule has 0 aliphatic heterocycles. The zero-order chi connectivity index (χ0) is 12.8. The van der Waals surface area contributed by atoms with E-state index < -0.39 is 0 Å². The summed E-state index contributed by atoms with van der Waals surface area (Å²) >= 11 is 0. The highest BCUT2D eigenvalue weighted by molar-refractivity contribution is 5.34. The van der Waals surface area contributed by atoms with Crippen molar-refractivity contribution in [3.63, 3.8) is 0 Å². The smallest absolute Gasteiger partial charge is 0.0753 e. The van der Waals surface area contributed by atoms with E-state index in [-0.39, 0.29) is 6.04 Å². The number of benzene rings is 1. The first-order chi connectivity index (χ1) is 8.83. The minimum atomic E-state index is 0.187. The molecule has 2 rings (SSSR count). The van der Waals surface area contributed by atoms with Gasteiger partial charge in [0.2, 0.25) is 0 Å². The van der Waals surface area contributed by atoms with Crippen LogP contribution in [-0.4, -0.2) is 11.5 Å². The van der Waals surface area contributed by atoms with Gasteiger partial charge in [-0.15, -0.1) is 0 Å². The van der Waals surface area contributed by atoms with Crippen LogP contribution in [0.15, 0.2) is 48.7 Å². The molecule has 1 N–H and O–H groups in total. The summed E-state index contributed by atoms with van der Waals surface area (Å²) in [6.07, 6.45) is 2.98. The Balaban J connectivity index is 2.34. The lowest BCUT2D eigenvalue weighted by Crippen LogP contribution is -2.24. The molecule has 0 saturated carbocycles. The number of aryl methyl sites for hydroxylation is 1. The second-order valence-electron chi connectivity index (χ2n) is 4.50. The van der Waals surface area contributed by atoms with Gasteiger partial charge in [0.15, 0.2) is 0 Å². The molecule has 1 aromatic heterocycles. The molecule has 1 unspecified atom stereocenters. The average molecular weight is 240 g/mol. The summed E-state index contributed by atoms with van der Waals surface area (Å²) in [4.78, 5) is 4.49. The van der Waals surface area contributed by atoms with E-state index in [4.69, 9.17) is 0 Å². The predicted molar refractivity (Wildman–Crippen MR) is 75.6 cm³/mol. The number of aromatic nitrogens is 1. The highest BCUT2D eigenvalue weighted by atomic mass is 14.9. The van der Waals surface area contributed by atoms with Crippen molar-refractivity contribution in [2.24, 2.45) is 0 Å². The summed E-state index contributed by atoms with van der Waals surface area (Å²) in [5, 5.41) is 3.58. The first kappa shape index (κ1) is 12.8. The second-order valence-corrected chi connectivity index (χ2v) is 4.50. The summed E-state index contributed by atoms with van der Waals surface area (Å²) in [5.74, 6) is 0. The third-order valence-electron chi connectivity index (χ3n) is 3.08. The average Bonchev–Trinajstić information content (AvgIpc) is 2.42. The molecule has 2 heteroatoms. The largest absolute Gasteiger partial charge is 0.305 e. The zero-order valence-corrected chi connectivity index (χ0v) is 11.1. The first-order valence-electron chi connectivity index (χ1n) is 6.52. The maximum absolute atomic E-state index is 4.49. The monoisotopic (exact) mass is 240 g/mol. The number of hydrogen-bond acceptors (Lipinski definition) is 2. The zero-order valence-electron chi connectivity index (χ0n) is 11.1. The van der Waals surface area contributed by atoms with Gasteiger partial charge in [-0.1, -0.05) is 37.3 Å². The molecule has 1 aromatic carbocycles. The molecule has 94 valence electrons. The molecule has 0 spiro atoms. The minimum absolute atomic E-state index is 0.187. The van der Waals surface area contributed by atoms with Gasteiger partial charge in [0.05, 0.1) is 11.7 Å². The van der Waals surface area contributed by atoms with E-state index in [0.29, 0.717) is 0 Å². The number of nitrogens with zero attached hydrogens (tertiary/aromatic N) is 1. The molecular formula is C16H20N2. The van der Waals surface area contributed by atoms with Crippen LogP contribution < -0.4 is 5.32 Å². The van der Waals surface area contributed by atoms with E-state index >= 15 is 0 Å². The van der Waals surface area contributed by atoms with Gasteiger partial charge in [-0.2, -0.15) is 0 Å². The van der Waals surface area contributed by atoms with Crippen LogP contribution in [0, 0.1) is 6.92 Å². The Hall–Kier alpha value is -1.67. The Kier molecular flexibility index (Phi) is 4.48. The molecule has 1 atom stereocenters. The van der Waals surface area contributed by atoms with Crippen LogP contribution in [0.4, 0.5) is 0 Å². The quantitative estimate of drug-likeness (QED) is 0.865. The highest BCUT2D eigenvalue weighted by Gasteiger charge is 2.15. The van der Waals surface area contributed by atoms with Gasteiger partial charge in [0.25, 0.3) is 0 Å². The van der Waals surface area contributed by atoms with Crippen LogP contribution in [0.3, 0.4) is 0 Å². The molecule has 1 heterocycles. The van der Waals surface area contributed by atoms with Crippen LogP contribution in [0.5, 0.6) is 0 Å². The fourth-order valence-corrected chi connectivity index (χ4v) is 2.12. The molecule has 18 heavy (non-hydrogen) atoms. The van der Waals surface area contributed by atoms with E-state index in [1.165, 1.54) is 11.1 Å². The second kappa shape index (κ2) is 6.31. The first-order valence-corrected chi connectivity index (χ1v) is 6.52. The summed E-state index contributed by atoms with van der Waals surface area (Å²) < 4.78 is 0. The SMILES string of the molecule is CCCNC(c1ccccn1)c1ccccc1C.